The number of fused-ring (bicyclic) bond motifs is 2. The van der Waals surface area contributed by atoms with Crippen LogP contribution < -0.4 is 0 Å². The molecular weight excluding hydrogens is 528 g/mol. The Morgan fingerprint density at radius 3 is 1.46 bits per heavy atom. The Kier molecular flexibility index (Phi) is 8.04. The summed E-state index contributed by atoms with van der Waals surface area (Å²) >= 11 is 0. The molecule has 2 saturated carbocycles. The number of hydrogen-bond acceptors (Lipinski definition) is 4. The van der Waals surface area contributed by atoms with E-state index in [0.717, 1.165) is 0 Å². The van der Waals surface area contributed by atoms with Crippen LogP contribution in [0.4, 0.5) is 17.6 Å². The van der Waals surface area contributed by atoms with Crippen LogP contribution in [0, 0.1) is 17.8 Å². The molecule has 0 amide bonds. The summed E-state index contributed by atoms with van der Waals surface area (Å²) in [5.74, 6) is -8.30. The van der Waals surface area contributed by atoms with E-state index in [1.54, 1.807) is 0 Å². The quantitative estimate of drug-likeness (QED) is 0.232. The van der Waals surface area contributed by atoms with E-state index in [9.17, 15) is 35.6 Å². The van der Waals surface area contributed by atoms with Gasteiger partial charge in [-0.3, -0.25) is 0 Å². The first-order chi connectivity index (χ1) is 17.4. The molecule has 2 aliphatic rings. The lowest BCUT2D eigenvalue weighted by Gasteiger charge is -2.37. The number of aliphatic hydroxyl groups is 1. The van der Waals surface area contributed by atoms with Crippen molar-refractivity contribution < 1.29 is 35.6 Å². The SMILES string of the molecule is O=S(=O)([O-])C(F)(F)C(F)(F)C1CC2CC(O)C1C2.c1ccc([S+](c2ccccc2)c2ccccc2)cc1. The molecule has 37 heavy (non-hydrogen) atoms. The maximum absolute atomic E-state index is 13.6. The van der Waals surface area contributed by atoms with Crippen molar-refractivity contribution in [3.63, 3.8) is 0 Å². The fourth-order valence-electron chi connectivity index (χ4n) is 5.19. The number of alkyl halides is 4. The van der Waals surface area contributed by atoms with Crippen LogP contribution in [0.2, 0.25) is 0 Å². The largest absolute Gasteiger partial charge is 0.743 e. The second kappa shape index (κ2) is 10.8. The predicted molar refractivity (Wildman–Crippen MR) is 131 cm³/mol. The maximum atomic E-state index is 13.6. The molecule has 0 aromatic heterocycles. The summed E-state index contributed by atoms with van der Waals surface area (Å²) in [5, 5.41) is 3.77. The highest BCUT2D eigenvalue weighted by Gasteiger charge is 2.69. The highest BCUT2D eigenvalue weighted by molar-refractivity contribution is 7.97. The lowest BCUT2D eigenvalue weighted by Crippen LogP contribution is -2.54. The third-order valence-corrected chi connectivity index (χ3v) is 10.0. The minimum Gasteiger partial charge on any atom is -0.743 e. The Morgan fingerprint density at radius 1 is 0.730 bits per heavy atom. The third-order valence-electron chi connectivity index (χ3n) is 6.88. The zero-order valence-corrected chi connectivity index (χ0v) is 21.2. The van der Waals surface area contributed by atoms with Gasteiger partial charge in [0.2, 0.25) is 0 Å². The van der Waals surface area contributed by atoms with E-state index >= 15 is 0 Å². The van der Waals surface area contributed by atoms with Gasteiger partial charge in [0.25, 0.3) is 0 Å². The number of hydrogen-bond donors (Lipinski definition) is 1. The van der Waals surface area contributed by atoms with Gasteiger partial charge in [-0.15, -0.1) is 0 Å². The van der Waals surface area contributed by atoms with Crippen LogP contribution in [0.1, 0.15) is 19.3 Å². The summed E-state index contributed by atoms with van der Waals surface area (Å²) < 4.78 is 84.2. The van der Waals surface area contributed by atoms with Gasteiger partial charge in [-0.2, -0.15) is 17.6 Å². The standard InChI is InChI=1S/C18H15S.C9H12F4O4S/c1-4-10-16(11-5-1)19(17-12-6-2-7-13-17)18-14-8-3-9-15-18;10-8(11,9(12,13)18(15,16)17)6-2-4-1-5(6)7(14)3-4/h1-15H;4-7,14H,1-3H2,(H,15,16,17)/q+1;/p-1. The van der Waals surface area contributed by atoms with Crippen molar-refractivity contribution in [2.45, 2.75) is 51.2 Å². The van der Waals surface area contributed by atoms with E-state index in [4.69, 9.17) is 0 Å². The first kappa shape index (κ1) is 27.6. The normalized spacial score (nSPS) is 23.5. The van der Waals surface area contributed by atoms with Gasteiger partial charge in [-0.1, -0.05) is 54.6 Å². The number of benzene rings is 3. The Balaban J connectivity index is 0.000000173. The molecule has 0 heterocycles. The second-order valence-corrected chi connectivity index (χ2v) is 12.7. The van der Waals surface area contributed by atoms with E-state index in [-0.39, 0.29) is 36.1 Å². The van der Waals surface area contributed by atoms with E-state index in [1.807, 2.05) is 0 Å². The molecule has 10 heteroatoms. The molecule has 4 nitrogen and oxygen atoms in total. The van der Waals surface area contributed by atoms with Gasteiger partial charge in [0.15, 0.2) is 24.8 Å². The van der Waals surface area contributed by atoms with E-state index in [0.29, 0.717) is 0 Å². The smallest absolute Gasteiger partial charge is 0.396 e. The molecule has 2 fully saturated rings. The lowest BCUT2D eigenvalue weighted by atomic mass is 9.82. The fraction of sp³-hybridized carbons (Fsp3) is 0.333. The molecule has 5 rings (SSSR count). The molecule has 0 saturated heterocycles. The van der Waals surface area contributed by atoms with Crippen molar-refractivity contribution in [1.29, 1.82) is 0 Å². The Hall–Kier alpha value is -2.40. The topological polar surface area (TPSA) is 77.4 Å². The number of aliphatic hydroxyl groups excluding tert-OH is 1. The molecule has 0 spiro atoms. The predicted octanol–water partition coefficient (Wildman–Crippen LogP) is 5.95. The molecule has 3 aromatic rings. The summed E-state index contributed by atoms with van der Waals surface area (Å²) in [4.78, 5) is 4.08. The highest BCUT2D eigenvalue weighted by atomic mass is 32.2. The first-order valence-electron chi connectivity index (χ1n) is 11.7. The fourth-order valence-corrected chi connectivity index (χ4v) is 7.78. The Morgan fingerprint density at radius 2 is 1.14 bits per heavy atom. The minimum atomic E-state index is -6.45. The zero-order chi connectivity index (χ0) is 26.8. The number of rotatable bonds is 6. The van der Waals surface area contributed by atoms with Crippen molar-refractivity contribution in [3.05, 3.63) is 91.0 Å². The zero-order valence-electron chi connectivity index (χ0n) is 19.6. The average molecular weight is 555 g/mol. The van der Waals surface area contributed by atoms with E-state index in [1.165, 1.54) is 14.7 Å². The summed E-state index contributed by atoms with van der Waals surface area (Å²) in [5.41, 5.74) is 0. The first-order valence-corrected chi connectivity index (χ1v) is 14.4. The van der Waals surface area contributed by atoms with Gasteiger partial charge in [0.1, 0.15) is 0 Å². The van der Waals surface area contributed by atoms with Crippen molar-refractivity contribution in [1.82, 2.24) is 0 Å². The molecule has 1 N–H and O–H groups in total. The summed E-state index contributed by atoms with van der Waals surface area (Å²) in [6.45, 7) is 0. The maximum Gasteiger partial charge on any atom is 0.396 e. The molecule has 4 unspecified atom stereocenters. The van der Waals surface area contributed by atoms with Crippen molar-refractivity contribution >= 4 is 21.0 Å². The van der Waals surface area contributed by atoms with Gasteiger partial charge in [-0.25, -0.2) is 8.42 Å². The van der Waals surface area contributed by atoms with Crippen LogP contribution in [0.5, 0.6) is 0 Å². The average Bonchev–Trinajstić information content (AvgIpc) is 3.46. The van der Waals surface area contributed by atoms with Gasteiger partial charge in [0.05, 0.1) is 17.0 Å². The lowest BCUT2D eigenvalue weighted by molar-refractivity contribution is -0.209. The molecule has 2 aliphatic carbocycles. The Bertz CT molecular complexity index is 1180. The van der Waals surface area contributed by atoms with Gasteiger partial charge in [0, 0.05) is 5.92 Å². The van der Waals surface area contributed by atoms with Crippen LogP contribution in [0.25, 0.3) is 0 Å². The van der Waals surface area contributed by atoms with Crippen LogP contribution in [0.3, 0.4) is 0 Å². The van der Waals surface area contributed by atoms with Crippen LogP contribution in [-0.4, -0.2) is 35.4 Å². The molecule has 3 aromatic carbocycles. The highest BCUT2D eigenvalue weighted by Crippen LogP contribution is 2.58. The molecule has 2 bridgehead atoms. The summed E-state index contributed by atoms with van der Waals surface area (Å²) in [6.07, 6.45) is -1.01. The minimum absolute atomic E-state index is 0.0146. The van der Waals surface area contributed by atoms with Gasteiger partial charge < -0.3 is 9.66 Å². The third kappa shape index (κ3) is 5.57. The summed E-state index contributed by atoms with van der Waals surface area (Å²) in [6, 6.07) is 32.2. The Labute approximate surface area is 216 Å². The van der Waals surface area contributed by atoms with Crippen molar-refractivity contribution in [3.8, 4) is 0 Å². The van der Waals surface area contributed by atoms with Gasteiger partial charge >= 0.3 is 11.2 Å². The molecule has 0 aliphatic heterocycles. The monoisotopic (exact) mass is 554 g/mol. The van der Waals surface area contributed by atoms with Crippen LogP contribution in [-0.2, 0) is 21.0 Å². The molecular formula is C27H26F4O4S2. The van der Waals surface area contributed by atoms with E-state index in [2.05, 4.69) is 91.0 Å². The number of halogens is 4. The van der Waals surface area contributed by atoms with Crippen molar-refractivity contribution in [2.75, 3.05) is 0 Å². The van der Waals surface area contributed by atoms with E-state index < -0.39 is 39.2 Å². The summed E-state index contributed by atoms with van der Waals surface area (Å²) in [7, 11) is -6.46. The molecule has 198 valence electrons. The molecule has 4 atom stereocenters. The van der Waals surface area contributed by atoms with Crippen LogP contribution in [0.15, 0.2) is 106 Å². The van der Waals surface area contributed by atoms with Gasteiger partial charge in [-0.05, 0) is 67.5 Å². The second-order valence-electron chi connectivity index (χ2n) is 9.25. The van der Waals surface area contributed by atoms with Crippen LogP contribution >= 0.6 is 0 Å². The van der Waals surface area contributed by atoms with Crippen molar-refractivity contribution in [2.24, 2.45) is 17.8 Å². The molecule has 0 radical (unpaired) electrons.